The molecule has 7 heteroatoms. The third-order valence-electron chi connectivity index (χ3n) is 3.99. The van der Waals surface area contributed by atoms with E-state index >= 15 is 0 Å². The molecule has 0 atom stereocenters. The summed E-state index contributed by atoms with van der Waals surface area (Å²) in [4.78, 5) is 13.4. The fourth-order valence-electron chi connectivity index (χ4n) is 2.57. The summed E-state index contributed by atoms with van der Waals surface area (Å²) in [5.41, 5.74) is 4.03. The maximum absolute atomic E-state index is 5.59. The molecule has 0 aliphatic carbocycles. The van der Waals surface area contributed by atoms with Gasteiger partial charge in [-0.3, -0.25) is 4.98 Å². The number of benzene rings is 1. The van der Waals surface area contributed by atoms with Gasteiger partial charge in [0, 0.05) is 37.0 Å². The molecule has 0 amide bonds. The Bertz CT molecular complexity index is 862. The van der Waals surface area contributed by atoms with Crippen LogP contribution in [0.15, 0.2) is 64.3 Å². The molecule has 3 rings (SSSR count). The van der Waals surface area contributed by atoms with Crippen LogP contribution >= 0.6 is 24.0 Å². The lowest BCUT2D eigenvalue weighted by Gasteiger charge is -2.10. The molecule has 0 spiro atoms. The van der Waals surface area contributed by atoms with Crippen molar-refractivity contribution in [3.05, 3.63) is 71.9 Å². The number of rotatable bonds is 7. The van der Waals surface area contributed by atoms with E-state index in [1.807, 2.05) is 55.6 Å². The van der Waals surface area contributed by atoms with Crippen molar-refractivity contribution in [2.75, 3.05) is 13.1 Å². The zero-order chi connectivity index (χ0) is 18.9. The second-order valence-electron chi connectivity index (χ2n) is 6.20. The zero-order valence-corrected chi connectivity index (χ0v) is 18.5. The van der Waals surface area contributed by atoms with E-state index < -0.39 is 0 Å². The number of hydrogen-bond donors (Lipinski definition) is 2. The highest BCUT2D eigenvalue weighted by Gasteiger charge is 2.07. The van der Waals surface area contributed by atoms with Gasteiger partial charge < -0.3 is 15.1 Å². The number of hydrogen-bond acceptors (Lipinski definition) is 4. The molecule has 28 heavy (non-hydrogen) atoms. The quantitative estimate of drug-likeness (QED) is 0.297. The number of aryl methyl sites for hydroxylation is 1. The molecule has 3 aromatic rings. The number of oxazole rings is 1. The van der Waals surface area contributed by atoms with Gasteiger partial charge in [-0.25, -0.2) is 9.98 Å². The van der Waals surface area contributed by atoms with Crippen LogP contribution in [-0.4, -0.2) is 29.0 Å². The molecule has 0 bridgehead atoms. The zero-order valence-electron chi connectivity index (χ0n) is 16.2. The summed E-state index contributed by atoms with van der Waals surface area (Å²) >= 11 is 0. The van der Waals surface area contributed by atoms with Gasteiger partial charge in [0.25, 0.3) is 0 Å². The van der Waals surface area contributed by atoms with Gasteiger partial charge in [0.05, 0.1) is 6.54 Å². The first-order chi connectivity index (χ1) is 13.2. The summed E-state index contributed by atoms with van der Waals surface area (Å²) < 4.78 is 5.59. The Morgan fingerprint density at radius 2 is 1.89 bits per heavy atom. The molecule has 0 radical (unpaired) electrons. The van der Waals surface area contributed by atoms with E-state index in [9.17, 15) is 0 Å². The van der Waals surface area contributed by atoms with Crippen molar-refractivity contribution in [3.63, 3.8) is 0 Å². The SMILES string of the molecule is CCNC(=NCc1coc(-c2ccc(C)cc2)n1)NCCc1ccccn1.I. The van der Waals surface area contributed by atoms with Crippen LogP contribution in [0.25, 0.3) is 11.5 Å². The summed E-state index contributed by atoms with van der Waals surface area (Å²) in [5.74, 6) is 1.38. The molecule has 0 fully saturated rings. The molecule has 2 heterocycles. The smallest absolute Gasteiger partial charge is 0.226 e. The van der Waals surface area contributed by atoms with Gasteiger partial charge in [-0.2, -0.15) is 0 Å². The Labute approximate surface area is 182 Å². The summed E-state index contributed by atoms with van der Waals surface area (Å²) in [6, 6.07) is 14.1. The van der Waals surface area contributed by atoms with Gasteiger partial charge in [0.2, 0.25) is 5.89 Å². The molecular formula is C21H26IN5O. The van der Waals surface area contributed by atoms with Gasteiger partial charge in [0.1, 0.15) is 12.0 Å². The van der Waals surface area contributed by atoms with Crippen LogP contribution in [-0.2, 0) is 13.0 Å². The van der Waals surface area contributed by atoms with Gasteiger partial charge in [-0.1, -0.05) is 23.8 Å². The summed E-state index contributed by atoms with van der Waals surface area (Å²) in [6.07, 6.45) is 4.31. The molecule has 0 aliphatic heterocycles. The maximum atomic E-state index is 5.59. The lowest BCUT2D eigenvalue weighted by molar-refractivity contribution is 0.572. The standard InChI is InChI=1S/C21H25N5O.HI/c1-3-22-21(24-13-11-18-6-4-5-12-23-18)25-14-19-15-27-20(26-19)17-9-7-16(2)8-10-17;/h4-10,12,15H,3,11,13-14H2,1-2H3,(H2,22,24,25);1H. The Hall–Kier alpha value is -2.42. The topological polar surface area (TPSA) is 75.3 Å². The molecular weight excluding hydrogens is 465 g/mol. The number of nitrogens with one attached hydrogen (secondary N) is 2. The normalized spacial score (nSPS) is 11.0. The third kappa shape index (κ3) is 6.63. The van der Waals surface area contributed by atoms with Crippen molar-refractivity contribution in [1.82, 2.24) is 20.6 Å². The Balaban J connectivity index is 0.00000280. The summed E-state index contributed by atoms with van der Waals surface area (Å²) in [6.45, 7) is 6.11. The van der Waals surface area contributed by atoms with E-state index in [0.717, 1.165) is 42.4 Å². The highest BCUT2D eigenvalue weighted by atomic mass is 127. The fourth-order valence-corrected chi connectivity index (χ4v) is 2.57. The monoisotopic (exact) mass is 491 g/mol. The van der Waals surface area contributed by atoms with E-state index in [4.69, 9.17) is 4.42 Å². The Kier molecular flexibility index (Phi) is 8.93. The minimum atomic E-state index is 0. The minimum Gasteiger partial charge on any atom is -0.444 e. The first-order valence-electron chi connectivity index (χ1n) is 9.18. The van der Waals surface area contributed by atoms with Crippen LogP contribution in [0.1, 0.15) is 23.9 Å². The van der Waals surface area contributed by atoms with Crippen LogP contribution in [0.3, 0.4) is 0 Å². The van der Waals surface area contributed by atoms with Crippen molar-refractivity contribution in [1.29, 1.82) is 0 Å². The highest BCUT2D eigenvalue weighted by molar-refractivity contribution is 14.0. The van der Waals surface area contributed by atoms with E-state index in [1.165, 1.54) is 5.56 Å². The molecule has 2 N–H and O–H groups in total. The lowest BCUT2D eigenvalue weighted by Crippen LogP contribution is -2.38. The van der Waals surface area contributed by atoms with Crippen LogP contribution in [0.2, 0.25) is 0 Å². The Morgan fingerprint density at radius 3 is 2.61 bits per heavy atom. The number of guanidine groups is 1. The molecule has 0 unspecified atom stereocenters. The summed E-state index contributed by atoms with van der Waals surface area (Å²) in [5, 5.41) is 6.57. The van der Waals surface area contributed by atoms with Gasteiger partial charge in [-0.15, -0.1) is 24.0 Å². The number of aromatic nitrogens is 2. The highest BCUT2D eigenvalue weighted by Crippen LogP contribution is 2.19. The Morgan fingerprint density at radius 1 is 1.07 bits per heavy atom. The van der Waals surface area contributed by atoms with E-state index in [2.05, 4.69) is 32.5 Å². The second-order valence-corrected chi connectivity index (χ2v) is 6.20. The maximum Gasteiger partial charge on any atom is 0.226 e. The third-order valence-corrected chi connectivity index (χ3v) is 3.99. The van der Waals surface area contributed by atoms with Gasteiger partial charge in [-0.05, 0) is 38.1 Å². The predicted octanol–water partition coefficient (Wildman–Crippen LogP) is 3.96. The molecule has 148 valence electrons. The van der Waals surface area contributed by atoms with Crippen molar-refractivity contribution in [2.45, 2.75) is 26.8 Å². The van der Waals surface area contributed by atoms with Crippen molar-refractivity contribution in [2.24, 2.45) is 4.99 Å². The van der Waals surface area contributed by atoms with E-state index in [-0.39, 0.29) is 24.0 Å². The van der Waals surface area contributed by atoms with E-state index in [0.29, 0.717) is 12.4 Å². The average Bonchev–Trinajstić information content (AvgIpc) is 3.16. The predicted molar refractivity (Wildman–Crippen MR) is 123 cm³/mol. The van der Waals surface area contributed by atoms with Crippen molar-refractivity contribution >= 4 is 29.9 Å². The van der Waals surface area contributed by atoms with Gasteiger partial charge >= 0.3 is 0 Å². The van der Waals surface area contributed by atoms with Crippen molar-refractivity contribution < 1.29 is 4.42 Å². The molecule has 0 saturated carbocycles. The average molecular weight is 491 g/mol. The molecule has 2 aromatic heterocycles. The van der Waals surface area contributed by atoms with Gasteiger partial charge in [0.15, 0.2) is 5.96 Å². The first kappa shape index (κ1) is 21.9. The van der Waals surface area contributed by atoms with Crippen molar-refractivity contribution in [3.8, 4) is 11.5 Å². The molecule has 0 aliphatic rings. The lowest BCUT2D eigenvalue weighted by atomic mass is 10.1. The number of nitrogens with zero attached hydrogens (tertiary/aromatic N) is 3. The first-order valence-corrected chi connectivity index (χ1v) is 9.18. The number of halogens is 1. The molecule has 6 nitrogen and oxygen atoms in total. The largest absolute Gasteiger partial charge is 0.444 e. The fraction of sp³-hybridized carbons (Fsp3) is 0.286. The number of pyridine rings is 1. The van der Waals surface area contributed by atoms with Crippen LogP contribution < -0.4 is 10.6 Å². The molecule has 0 saturated heterocycles. The summed E-state index contributed by atoms with van der Waals surface area (Å²) in [7, 11) is 0. The van der Waals surface area contributed by atoms with E-state index in [1.54, 1.807) is 6.26 Å². The van der Waals surface area contributed by atoms with Crippen LogP contribution in [0.4, 0.5) is 0 Å². The number of aliphatic imine (C=N–C) groups is 1. The second kappa shape index (κ2) is 11.4. The van der Waals surface area contributed by atoms with Crippen LogP contribution in [0.5, 0.6) is 0 Å². The minimum absolute atomic E-state index is 0. The molecule has 1 aromatic carbocycles. The van der Waals surface area contributed by atoms with Crippen LogP contribution in [0, 0.1) is 6.92 Å².